The number of rotatable bonds is 6. The van der Waals surface area contributed by atoms with E-state index in [1.165, 1.54) is 23.2 Å². The molecule has 204 valence electrons. The van der Waals surface area contributed by atoms with E-state index in [1.807, 2.05) is 18.7 Å². The number of amidine groups is 1. The standard InChI is InChI=1S/C27H26F2N6O2.C2H6/c1-16-25(17(2)34-7-6-19(15-34)24-5-4-23(36)12-30-24)27(37)35(13-18-8-21(28)10-22(29)9-18)26(32-16)20-11-31-33(3)14-20;1-2/h4-5,8-12,14,19,36-37H,1-2,6-7,13,15H2,3H3;1-2H3. The van der Waals surface area contributed by atoms with Crippen molar-refractivity contribution in [3.05, 3.63) is 113 Å². The van der Waals surface area contributed by atoms with Crippen LogP contribution in [0.25, 0.3) is 0 Å². The zero-order chi connectivity index (χ0) is 28.3. The van der Waals surface area contributed by atoms with Gasteiger partial charge >= 0.3 is 0 Å². The highest BCUT2D eigenvalue weighted by Gasteiger charge is 2.34. The molecule has 39 heavy (non-hydrogen) atoms. The molecule has 1 aromatic carbocycles. The first kappa shape index (κ1) is 27.6. The van der Waals surface area contributed by atoms with Crippen molar-refractivity contribution < 1.29 is 19.0 Å². The number of aryl methyl sites for hydroxylation is 1. The predicted molar refractivity (Wildman–Crippen MR) is 146 cm³/mol. The van der Waals surface area contributed by atoms with Crippen LogP contribution in [0.1, 0.15) is 43.0 Å². The summed E-state index contributed by atoms with van der Waals surface area (Å²) in [6, 6.07) is 6.63. The van der Waals surface area contributed by atoms with Crippen LogP contribution in [-0.2, 0) is 13.6 Å². The van der Waals surface area contributed by atoms with E-state index in [0.29, 0.717) is 47.0 Å². The fourth-order valence-electron chi connectivity index (χ4n) is 4.74. The summed E-state index contributed by atoms with van der Waals surface area (Å²) in [7, 11) is 1.75. The Kier molecular flexibility index (Phi) is 8.13. The minimum atomic E-state index is -0.713. The number of aromatic nitrogens is 3. The third kappa shape index (κ3) is 5.84. The van der Waals surface area contributed by atoms with E-state index in [4.69, 9.17) is 0 Å². The summed E-state index contributed by atoms with van der Waals surface area (Å²) < 4.78 is 29.5. The van der Waals surface area contributed by atoms with Gasteiger partial charge in [-0.05, 0) is 36.2 Å². The Morgan fingerprint density at radius 2 is 1.82 bits per heavy atom. The van der Waals surface area contributed by atoms with Gasteiger partial charge in [0.1, 0.15) is 23.2 Å². The lowest BCUT2D eigenvalue weighted by atomic mass is 10.0. The van der Waals surface area contributed by atoms with E-state index in [9.17, 15) is 19.0 Å². The van der Waals surface area contributed by atoms with Crippen LogP contribution >= 0.6 is 0 Å². The molecule has 4 heterocycles. The second kappa shape index (κ2) is 11.5. The highest BCUT2D eigenvalue weighted by molar-refractivity contribution is 6.01. The lowest BCUT2D eigenvalue weighted by Gasteiger charge is -2.33. The highest BCUT2D eigenvalue weighted by Crippen LogP contribution is 2.36. The summed E-state index contributed by atoms with van der Waals surface area (Å²) in [5.41, 5.74) is 2.99. The van der Waals surface area contributed by atoms with Crippen molar-refractivity contribution in [2.45, 2.75) is 32.7 Å². The van der Waals surface area contributed by atoms with Gasteiger partial charge in [-0.1, -0.05) is 27.0 Å². The molecule has 1 unspecified atom stereocenters. The number of aliphatic hydroxyl groups is 1. The molecule has 0 aliphatic carbocycles. The average molecular weight is 535 g/mol. The third-order valence-corrected chi connectivity index (χ3v) is 6.54. The normalized spacial score (nSPS) is 17.2. The first-order chi connectivity index (χ1) is 18.7. The first-order valence-corrected chi connectivity index (χ1v) is 12.7. The quantitative estimate of drug-likeness (QED) is 0.442. The maximum absolute atomic E-state index is 13.9. The second-order valence-electron chi connectivity index (χ2n) is 9.17. The fourth-order valence-corrected chi connectivity index (χ4v) is 4.74. The number of aliphatic imine (C=N–C) groups is 1. The summed E-state index contributed by atoms with van der Waals surface area (Å²) in [6.07, 6.45) is 5.56. The van der Waals surface area contributed by atoms with Crippen LogP contribution in [0, 0.1) is 11.6 Å². The van der Waals surface area contributed by atoms with Crippen LogP contribution in [0.4, 0.5) is 8.78 Å². The fraction of sp³-hybridized carbons (Fsp3) is 0.276. The third-order valence-electron chi connectivity index (χ3n) is 6.54. The smallest absolute Gasteiger partial charge is 0.204 e. The molecular weight excluding hydrogens is 502 g/mol. The minimum absolute atomic E-state index is 0.0433. The molecule has 2 N–H and O–H groups in total. The van der Waals surface area contributed by atoms with Crippen LogP contribution in [0.15, 0.2) is 89.9 Å². The molecule has 0 bridgehead atoms. The van der Waals surface area contributed by atoms with E-state index in [0.717, 1.165) is 18.2 Å². The maximum Gasteiger partial charge on any atom is 0.204 e. The molecule has 1 fully saturated rings. The Balaban J connectivity index is 0.00000172. The number of aromatic hydroxyl groups is 1. The predicted octanol–water partition coefficient (Wildman–Crippen LogP) is 5.37. The average Bonchev–Trinajstić information content (AvgIpc) is 3.56. The van der Waals surface area contributed by atoms with Crippen molar-refractivity contribution in [2.24, 2.45) is 12.0 Å². The Labute approximate surface area is 226 Å². The number of likely N-dealkylation sites (tertiary alicyclic amines) is 1. The molecule has 2 aromatic heterocycles. The molecule has 2 aliphatic rings. The van der Waals surface area contributed by atoms with Crippen LogP contribution in [0.2, 0.25) is 0 Å². The SMILES string of the molecule is C=C1N=C(c2cnn(C)c2)N(Cc2cc(F)cc(F)c2)C(O)=C1C(=C)N1CCC(c2ccc(O)cn2)C1.CC. The molecule has 5 rings (SSSR count). The van der Waals surface area contributed by atoms with Crippen molar-refractivity contribution in [3.8, 4) is 5.75 Å². The molecule has 10 heteroatoms. The zero-order valence-electron chi connectivity index (χ0n) is 22.3. The topological polar surface area (TPSA) is 90.0 Å². The van der Waals surface area contributed by atoms with Gasteiger partial charge < -0.3 is 15.1 Å². The Hall–Kier alpha value is -4.47. The zero-order valence-corrected chi connectivity index (χ0v) is 22.3. The highest BCUT2D eigenvalue weighted by atomic mass is 19.1. The van der Waals surface area contributed by atoms with Crippen LogP contribution in [-0.4, -0.2) is 53.7 Å². The first-order valence-electron chi connectivity index (χ1n) is 12.7. The van der Waals surface area contributed by atoms with Crippen LogP contribution in [0.5, 0.6) is 5.75 Å². The molecule has 0 spiro atoms. The number of benzene rings is 1. The van der Waals surface area contributed by atoms with E-state index >= 15 is 0 Å². The van der Waals surface area contributed by atoms with Gasteiger partial charge in [-0.2, -0.15) is 5.10 Å². The number of aliphatic hydroxyl groups excluding tert-OH is 1. The number of hydrogen-bond acceptors (Lipinski definition) is 7. The summed E-state index contributed by atoms with van der Waals surface area (Å²) in [5, 5.41) is 25.2. The van der Waals surface area contributed by atoms with Gasteiger partial charge in [0.2, 0.25) is 5.88 Å². The summed E-state index contributed by atoms with van der Waals surface area (Å²) in [4.78, 5) is 12.5. The van der Waals surface area contributed by atoms with Gasteiger partial charge in [0.25, 0.3) is 0 Å². The van der Waals surface area contributed by atoms with E-state index in [1.54, 1.807) is 36.3 Å². The van der Waals surface area contributed by atoms with Crippen molar-refractivity contribution in [1.82, 2.24) is 24.6 Å². The number of pyridine rings is 1. The molecule has 8 nitrogen and oxygen atoms in total. The summed E-state index contributed by atoms with van der Waals surface area (Å²) in [5.74, 6) is -1.01. The van der Waals surface area contributed by atoms with Crippen molar-refractivity contribution in [3.63, 3.8) is 0 Å². The Bertz CT molecular complexity index is 1420. The lowest BCUT2D eigenvalue weighted by Crippen LogP contribution is -2.36. The van der Waals surface area contributed by atoms with Crippen LogP contribution in [0.3, 0.4) is 0 Å². The van der Waals surface area contributed by atoms with Crippen molar-refractivity contribution >= 4 is 5.84 Å². The van der Waals surface area contributed by atoms with Gasteiger partial charge in [-0.25, -0.2) is 13.8 Å². The summed E-state index contributed by atoms with van der Waals surface area (Å²) >= 11 is 0. The number of halogens is 2. The van der Waals surface area contributed by atoms with E-state index in [2.05, 4.69) is 28.2 Å². The monoisotopic (exact) mass is 534 g/mol. The molecule has 3 aromatic rings. The molecule has 2 aliphatic heterocycles. The van der Waals surface area contributed by atoms with Crippen molar-refractivity contribution in [1.29, 1.82) is 0 Å². The molecule has 0 amide bonds. The number of hydrogen-bond donors (Lipinski definition) is 2. The largest absolute Gasteiger partial charge is 0.506 e. The summed E-state index contributed by atoms with van der Waals surface area (Å²) in [6.45, 7) is 13.5. The van der Waals surface area contributed by atoms with Gasteiger partial charge in [-0.15, -0.1) is 0 Å². The molecule has 0 saturated carbocycles. The number of nitrogens with zero attached hydrogens (tertiary/aromatic N) is 6. The molecule has 1 saturated heterocycles. The van der Waals surface area contributed by atoms with Gasteiger partial charge in [0.05, 0.1) is 35.8 Å². The molecule has 0 radical (unpaired) electrons. The van der Waals surface area contributed by atoms with E-state index < -0.39 is 11.6 Å². The molecular formula is C29H32F2N6O2. The molecule has 1 atom stereocenters. The van der Waals surface area contributed by atoms with Gasteiger partial charge in [0.15, 0.2) is 0 Å². The Morgan fingerprint density at radius 1 is 1.10 bits per heavy atom. The van der Waals surface area contributed by atoms with Crippen LogP contribution < -0.4 is 0 Å². The minimum Gasteiger partial charge on any atom is -0.506 e. The van der Waals surface area contributed by atoms with Gasteiger partial charge in [-0.3, -0.25) is 14.6 Å². The van der Waals surface area contributed by atoms with E-state index in [-0.39, 0.29) is 24.1 Å². The maximum atomic E-state index is 13.9. The lowest BCUT2D eigenvalue weighted by molar-refractivity contribution is 0.258. The van der Waals surface area contributed by atoms with Gasteiger partial charge in [0, 0.05) is 49.7 Å². The van der Waals surface area contributed by atoms with Crippen molar-refractivity contribution in [2.75, 3.05) is 13.1 Å². The second-order valence-corrected chi connectivity index (χ2v) is 9.17. The Morgan fingerprint density at radius 3 is 2.44 bits per heavy atom.